The van der Waals surface area contributed by atoms with Crippen LogP contribution in [0.15, 0.2) is 77.4 Å². The summed E-state index contributed by atoms with van der Waals surface area (Å²) in [5, 5.41) is 11.5. The molecule has 1 saturated heterocycles. The normalized spacial score (nSPS) is 17.7. The first kappa shape index (κ1) is 22.1. The van der Waals surface area contributed by atoms with Gasteiger partial charge in [-0.15, -0.1) is 0 Å². The van der Waals surface area contributed by atoms with Crippen LogP contribution in [-0.2, 0) is 16.1 Å². The van der Waals surface area contributed by atoms with Crippen molar-refractivity contribution in [3.8, 4) is 0 Å². The van der Waals surface area contributed by atoms with Crippen molar-refractivity contribution in [2.24, 2.45) is 0 Å². The van der Waals surface area contributed by atoms with Crippen LogP contribution < -0.4 is 0 Å². The molecule has 0 spiro atoms. The number of hydrogen-bond donors (Lipinski definition) is 1. The minimum absolute atomic E-state index is 0.0729. The molecule has 0 unspecified atom stereocenters. The summed E-state index contributed by atoms with van der Waals surface area (Å²) in [7, 11) is 0. The molecule has 0 bridgehead atoms. The van der Waals surface area contributed by atoms with E-state index in [9.17, 15) is 14.7 Å². The van der Waals surface area contributed by atoms with Crippen LogP contribution in [0.25, 0.3) is 11.4 Å². The zero-order valence-corrected chi connectivity index (χ0v) is 20.0. The van der Waals surface area contributed by atoms with Crippen LogP contribution in [-0.4, -0.2) is 47.2 Å². The van der Waals surface area contributed by atoms with E-state index >= 15 is 0 Å². The number of carbonyl (C=O) groups is 2. The van der Waals surface area contributed by atoms with Crippen molar-refractivity contribution in [3.63, 3.8) is 0 Å². The molecule has 34 heavy (non-hydrogen) atoms. The lowest BCUT2D eigenvalue weighted by atomic mass is 9.96. The lowest BCUT2D eigenvalue weighted by Gasteiger charge is -2.25. The maximum absolute atomic E-state index is 13.3. The zero-order valence-electron chi connectivity index (χ0n) is 18.4. The Morgan fingerprint density at radius 3 is 2.62 bits per heavy atom. The Hall–Kier alpha value is -3.72. The molecule has 1 N–H and O–H groups in total. The summed E-state index contributed by atoms with van der Waals surface area (Å²) < 4.78 is 4.54. The summed E-state index contributed by atoms with van der Waals surface area (Å²) in [4.78, 5) is 36.5. The molecule has 1 aliphatic heterocycles. The fourth-order valence-electron chi connectivity index (χ4n) is 4.47. The SMILES string of the molecule is Cc1nc2ccccn2c1/C(O)=C1\C(=O)C(=O)N(CCCn2ccnc2)[C@@H]1c1ccc(Br)cc1. The number of carbonyl (C=O) groups excluding carboxylic acids is 2. The Labute approximate surface area is 204 Å². The number of aliphatic hydroxyl groups is 1. The number of likely N-dealkylation sites (tertiary alicyclic amines) is 1. The molecule has 1 atom stereocenters. The number of pyridine rings is 1. The summed E-state index contributed by atoms with van der Waals surface area (Å²) in [6.45, 7) is 2.78. The first-order valence-corrected chi connectivity index (χ1v) is 11.7. The van der Waals surface area contributed by atoms with Crippen LogP contribution in [0.5, 0.6) is 0 Å². The molecule has 0 saturated carbocycles. The highest BCUT2D eigenvalue weighted by Gasteiger charge is 2.46. The van der Waals surface area contributed by atoms with Crippen LogP contribution in [0, 0.1) is 6.92 Å². The average Bonchev–Trinajstić information content (AvgIpc) is 3.52. The molecule has 1 amide bonds. The van der Waals surface area contributed by atoms with Gasteiger partial charge in [-0.05, 0) is 43.2 Å². The molecule has 0 radical (unpaired) electrons. The van der Waals surface area contributed by atoms with Crippen molar-refractivity contribution in [2.45, 2.75) is 25.9 Å². The van der Waals surface area contributed by atoms with Crippen molar-refractivity contribution < 1.29 is 14.7 Å². The third kappa shape index (κ3) is 3.81. The highest BCUT2D eigenvalue weighted by molar-refractivity contribution is 9.10. The molecular formula is C25H22BrN5O3. The number of amides is 1. The van der Waals surface area contributed by atoms with Crippen LogP contribution in [0.2, 0.25) is 0 Å². The van der Waals surface area contributed by atoms with Gasteiger partial charge in [-0.3, -0.25) is 14.0 Å². The van der Waals surface area contributed by atoms with Gasteiger partial charge >= 0.3 is 0 Å². The second kappa shape index (κ2) is 8.90. The summed E-state index contributed by atoms with van der Waals surface area (Å²) >= 11 is 3.44. The van der Waals surface area contributed by atoms with E-state index in [1.54, 1.807) is 34.9 Å². The van der Waals surface area contributed by atoms with Crippen LogP contribution >= 0.6 is 15.9 Å². The molecule has 0 aliphatic carbocycles. The maximum Gasteiger partial charge on any atom is 0.295 e. The molecule has 1 aromatic carbocycles. The molecule has 3 aromatic heterocycles. The number of ketones is 1. The topological polar surface area (TPSA) is 92.7 Å². The lowest BCUT2D eigenvalue weighted by molar-refractivity contribution is -0.139. The van der Waals surface area contributed by atoms with Gasteiger partial charge in [0.05, 0.1) is 23.6 Å². The second-order valence-electron chi connectivity index (χ2n) is 8.17. The highest BCUT2D eigenvalue weighted by atomic mass is 79.9. The minimum Gasteiger partial charge on any atom is -0.505 e. The highest BCUT2D eigenvalue weighted by Crippen LogP contribution is 2.40. The Bertz CT molecular complexity index is 1410. The van der Waals surface area contributed by atoms with E-state index in [1.807, 2.05) is 53.2 Å². The average molecular weight is 520 g/mol. The van der Waals surface area contributed by atoms with Gasteiger partial charge in [-0.1, -0.05) is 34.1 Å². The Morgan fingerprint density at radius 2 is 1.88 bits per heavy atom. The zero-order chi connectivity index (χ0) is 23.8. The van der Waals surface area contributed by atoms with Gasteiger partial charge in [-0.2, -0.15) is 0 Å². The molecular weight excluding hydrogens is 498 g/mol. The van der Waals surface area contributed by atoms with Crippen LogP contribution in [0.4, 0.5) is 0 Å². The van der Waals surface area contributed by atoms with Crippen LogP contribution in [0.1, 0.15) is 29.4 Å². The first-order valence-electron chi connectivity index (χ1n) is 10.9. The number of fused-ring (bicyclic) bond motifs is 1. The Morgan fingerprint density at radius 1 is 1.09 bits per heavy atom. The fraction of sp³-hybridized carbons (Fsp3) is 0.200. The van der Waals surface area contributed by atoms with Gasteiger partial charge in [0.2, 0.25) is 0 Å². The number of aryl methyl sites for hydroxylation is 2. The number of aromatic nitrogens is 4. The van der Waals surface area contributed by atoms with Crippen molar-refractivity contribution in [2.75, 3.05) is 6.54 Å². The van der Waals surface area contributed by atoms with Gasteiger partial charge in [0.25, 0.3) is 11.7 Å². The standard InChI is InChI=1S/C25H22BrN5O3/c1-16-21(30-12-3-2-5-19(30)28-16)23(32)20-22(17-6-8-18(26)9-7-17)31(25(34)24(20)33)13-4-11-29-14-10-27-15-29/h2-3,5-10,12,14-15,22,32H,4,11,13H2,1H3/b23-20+/t22-/m1/s1. The van der Waals surface area contributed by atoms with Gasteiger partial charge in [-0.25, -0.2) is 9.97 Å². The van der Waals surface area contributed by atoms with Gasteiger partial charge < -0.3 is 14.6 Å². The number of rotatable bonds is 6. The predicted octanol–water partition coefficient (Wildman–Crippen LogP) is 4.11. The molecule has 1 aliphatic rings. The number of Topliss-reactive ketones (excluding diaryl/α,β-unsaturated/α-hetero) is 1. The van der Waals surface area contributed by atoms with Crippen molar-refractivity contribution in [1.82, 2.24) is 23.8 Å². The van der Waals surface area contributed by atoms with Crippen LogP contribution in [0.3, 0.4) is 0 Å². The number of halogens is 1. The van der Waals surface area contributed by atoms with E-state index in [1.165, 1.54) is 0 Å². The van der Waals surface area contributed by atoms with E-state index in [0.29, 0.717) is 36.5 Å². The van der Waals surface area contributed by atoms with Crippen molar-refractivity contribution in [1.29, 1.82) is 0 Å². The largest absolute Gasteiger partial charge is 0.505 e. The van der Waals surface area contributed by atoms with Crippen molar-refractivity contribution >= 4 is 39.0 Å². The van der Waals surface area contributed by atoms with Crippen molar-refractivity contribution in [3.05, 3.63) is 94.4 Å². The first-order chi connectivity index (χ1) is 16.5. The second-order valence-corrected chi connectivity index (χ2v) is 9.09. The third-order valence-corrected chi connectivity index (χ3v) is 6.56. The van der Waals surface area contributed by atoms with E-state index in [2.05, 4.69) is 25.9 Å². The number of hydrogen-bond acceptors (Lipinski definition) is 5. The molecule has 8 nitrogen and oxygen atoms in total. The van der Waals surface area contributed by atoms with E-state index < -0.39 is 17.7 Å². The minimum atomic E-state index is -0.704. The fourth-order valence-corrected chi connectivity index (χ4v) is 4.74. The third-order valence-electron chi connectivity index (χ3n) is 6.03. The summed E-state index contributed by atoms with van der Waals surface area (Å²) in [5.74, 6) is -1.54. The van der Waals surface area contributed by atoms with E-state index in [-0.39, 0.29) is 11.3 Å². The Balaban J connectivity index is 1.60. The molecule has 4 heterocycles. The number of aliphatic hydroxyl groups excluding tert-OH is 1. The summed E-state index contributed by atoms with van der Waals surface area (Å²) in [6.07, 6.45) is 7.68. The quantitative estimate of drug-likeness (QED) is 0.235. The number of benzene rings is 1. The van der Waals surface area contributed by atoms with E-state index in [4.69, 9.17) is 0 Å². The molecule has 5 rings (SSSR count). The maximum atomic E-state index is 13.3. The van der Waals surface area contributed by atoms with Gasteiger partial charge in [0.15, 0.2) is 5.76 Å². The summed E-state index contributed by atoms with van der Waals surface area (Å²) in [5.41, 5.74) is 2.46. The monoisotopic (exact) mass is 519 g/mol. The Kier molecular flexibility index (Phi) is 5.79. The molecule has 9 heteroatoms. The van der Waals surface area contributed by atoms with Gasteiger partial charge in [0, 0.05) is 36.2 Å². The predicted molar refractivity (Wildman–Crippen MR) is 130 cm³/mol. The molecule has 1 fully saturated rings. The summed E-state index contributed by atoms with van der Waals surface area (Å²) in [6, 6.07) is 12.2. The molecule has 172 valence electrons. The molecule has 4 aromatic rings. The van der Waals surface area contributed by atoms with E-state index in [0.717, 1.165) is 10.0 Å². The number of nitrogens with zero attached hydrogens (tertiary/aromatic N) is 5. The lowest BCUT2D eigenvalue weighted by Crippen LogP contribution is -2.31. The van der Waals surface area contributed by atoms with Gasteiger partial charge in [0.1, 0.15) is 11.3 Å². The number of imidazole rings is 2. The smallest absolute Gasteiger partial charge is 0.295 e.